The summed E-state index contributed by atoms with van der Waals surface area (Å²) in [6.45, 7) is 4.00. The van der Waals surface area contributed by atoms with Gasteiger partial charge in [0.25, 0.3) is 5.91 Å². The van der Waals surface area contributed by atoms with Crippen LogP contribution in [0.1, 0.15) is 46.4 Å². The largest absolute Gasteiger partial charge is 0.335 e. The number of hydrogen-bond acceptors (Lipinski definition) is 3. The maximum Gasteiger partial charge on any atom is 0.255 e. The molecule has 1 unspecified atom stereocenters. The molecule has 0 bridgehead atoms. The van der Waals surface area contributed by atoms with Crippen LogP contribution >= 0.6 is 0 Å². The molecule has 33 heavy (non-hydrogen) atoms. The van der Waals surface area contributed by atoms with Gasteiger partial charge in [-0.05, 0) is 54.3 Å². The molecule has 6 nitrogen and oxygen atoms in total. The van der Waals surface area contributed by atoms with Crippen molar-refractivity contribution in [3.8, 4) is 0 Å². The van der Waals surface area contributed by atoms with Crippen molar-refractivity contribution in [1.82, 2.24) is 4.90 Å². The van der Waals surface area contributed by atoms with Crippen LogP contribution in [-0.2, 0) is 16.0 Å². The third-order valence-electron chi connectivity index (χ3n) is 6.09. The van der Waals surface area contributed by atoms with Crippen molar-refractivity contribution in [3.63, 3.8) is 0 Å². The van der Waals surface area contributed by atoms with Gasteiger partial charge in [-0.1, -0.05) is 48.5 Å². The van der Waals surface area contributed by atoms with E-state index in [1.807, 2.05) is 49.4 Å². The van der Waals surface area contributed by atoms with Crippen LogP contribution in [0.2, 0.25) is 0 Å². The van der Waals surface area contributed by atoms with Crippen LogP contribution in [0.25, 0.3) is 0 Å². The summed E-state index contributed by atoms with van der Waals surface area (Å²) < 4.78 is 0. The van der Waals surface area contributed by atoms with Crippen LogP contribution in [0.15, 0.2) is 72.8 Å². The summed E-state index contributed by atoms with van der Waals surface area (Å²) in [5.74, 6) is -0.431. The van der Waals surface area contributed by atoms with Crippen molar-refractivity contribution in [2.24, 2.45) is 0 Å². The molecule has 0 spiro atoms. The maximum atomic E-state index is 13.0. The van der Waals surface area contributed by atoms with E-state index in [4.69, 9.17) is 0 Å². The topological polar surface area (TPSA) is 78.5 Å². The first kappa shape index (κ1) is 22.3. The molecule has 3 aromatic rings. The molecule has 2 N–H and O–H groups in total. The van der Waals surface area contributed by atoms with Crippen molar-refractivity contribution in [2.45, 2.75) is 32.7 Å². The Balaban J connectivity index is 1.50. The lowest BCUT2D eigenvalue weighted by Gasteiger charge is -2.36. The van der Waals surface area contributed by atoms with E-state index in [9.17, 15) is 14.4 Å². The summed E-state index contributed by atoms with van der Waals surface area (Å²) in [6.07, 6.45) is 0.951. The number of anilines is 2. The van der Waals surface area contributed by atoms with Crippen LogP contribution in [0, 0.1) is 6.92 Å². The summed E-state index contributed by atoms with van der Waals surface area (Å²) >= 11 is 0. The molecule has 3 aromatic carbocycles. The molecule has 168 valence electrons. The molecule has 6 heteroatoms. The molecule has 0 fully saturated rings. The van der Waals surface area contributed by atoms with E-state index in [2.05, 4.69) is 16.7 Å². The van der Waals surface area contributed by atoms with E-state index in [1.165, 1.54) is 5.56 Å². The van der Waals surface area contributed by atoms with Gasteiger partial charge in [0.1, 0.15) is 0 Å². The van der Waals surface area contributed by atoms with Crippen LogP contribution < -0.4 is 10.6 Å². The Kier molecular flexibility index (Phi) is 6.54. The Labute approximate surface area is 193 Å². The Morgan fingerprint density at radius 3 is 2.27 bits per heavy atom. The molecule has 3 amide bonds. The fraction of sp³-hybridized carbons (Fsp3) is 0.222. The average Bonchev–Trinajstić information content (AvgIpc) is 2.82. The summed E-state index contributed by atoms with van der Waals surface area (Å²) in [6, 6.07) is 22.1. The fourth-order valence-electron chi connectivity index (χ4n) is 4.32. The second-order valence-electron chi connectivity index (χ2n) is 8.23. The molecular weight excluding hydrogens is 414 g/mol. The Hall–Kier alpha value is -3.93. The second kappa shape index (κ2) is 9.69. The average molecular weight is 442 g/mol. The zero-order valence-electron chi connectivity index (χ0n) is 18.8. The standard InChI is InChI=1S/C27H27N3O3/c1-18-23(13-8-14-24(18)29-27(33)21-10-4-3-5-11-21)28-26(32)17-25-22-12-7-6-9-20(22)15-16-30(25)19(2)31/h3-14,25H,15-17H2,1-2H3,(H,28,32)(H,29,33). The second-order valence-corrected chi connectivity index (χ2v) is 8.23. The van der Waals surface area contributed by atoms with Crippen molar-refractivity contribution in [2.75, 3.05) is 17.2 Å². The molecular formula is C27H27N3O3. The highest BCUT2D eigenvalue weighted by atomic mass is 16.2. The summed E-state index contributed by atoms with van der Waals surface area (Å²) in [4.78, 5) is 39.6. The zero-order valence-corrected chi connectivity index (χ0v) is 18.8. The molecule has 0 radical (unpaired) electrons. The first-order chi connectivity index (χ1) is 15.9. The third-order valence-corrected chi connectivity index (χ3v) is 6.09. The molecule has 1 aliphatic rings. The van der Waals surface area contributed by atoms with Gasteiger partial charge in [0, 0.05) is 30.4 Å². The highest BCUT2D eigenvalue weighted by Gasteiger charge is 2.30. The highest BCUT2D eigenvalue weighted by Crippen LogP contribution is 2.33. The highest BCUT2D eigenvalue weighted by molar-refractivity contribution is 6.05. The van der Waals surface area contributed by atoms with Crippen LogP contribution in [0.4, 0.5) is 11.4 Å². The number of carbonyl (C=O) groups is 3. The number of hydrogen-bond donors (Lipinski definition) is 2. The summed E-state index contributed by atoms with van der Waals surface area (Å²) in [7, 11) is 0. The lowest BCUT2D eigenvalue weighted by molar-refractivity contribution is -0.132. The minimum absolute atomic E-state index is 0.0379. The number of fused-ring (bicyclic) bond motifs is 1. The van der Waals surface area contributed by atoms with Gasteiger partial charge in [-0.15, -0.1) is 0 Å². The molecule has 0 aliphatic carbocycles. The Morgan fingerprint density at radius 1 is 0.879 bits per heavy atom. The minimum atomic E-state index is -0.297. The summed E-state index contributed by atoms with van der Waals surface area (Å²) in [5.41, 5.74) is 4.79. The predicted molar refractivity (Wildman–Crippen MR) is 129 cm³/mol. The monoisotopic (exact) mass is 441 g/mol. The van der Waals surface area contributed by atoms with Gasteiger partial charge in [-0.2, -0.15) is 0 Å². The fourth-order valence-corrected chi connectivity index (χ4v) is 4.32. The molecule has 1 aliphatic heterocycles. The normalized spacial score (nSPS) is 14.8. The number of carbonyl (C=O) groups excluding carboxylic acids is 3. The van der Waals surface area contributed by atoms with E-state index >= 15 is 0 Å². The maximum absolute atomic E-state index is 13.0. The van der Waals surface area contributed by atoms with E-state index < -0.39 is 0 Å². The first-order valence-electron chi connectivity index (χ1n) is 11.0. The van der Waals surface area contributed by atoms with Gasteiger partial charge in [0.2, 0.25) is 11.8 Å². The van der Waals surface area contributed by atoms with E-state index in [-0.39, 0.29) is 30.2 Å². The van der Waals surface area contributed by atoms with Crippen molar-refractivity contribution in [3.05, 3.63) is 95.1 Å². The van der Waals surface area contributed by atoms with Crippen LogP contribution in [-0.4, -0.2) is 29.2 Å². The van der Waals surface area contributed by atoms with Gasteiger partial charge in [-0.3, -0.25) is 14.4 Å². The number of amides is 3. The quantitative estimate of drug-likeness (QED) is 0.601. The Morgan fingerprint density at radius 2 is 1.55 bits per heavy atom. The van der Waals surface area contributed by atoms with Gasteiger partial charge >= 0.3 is 0 Å². The third kappa shape index (κ3) is 4.95. The predicted octanol–water partition coefficient (Wildman–Crippen LogP) is 4.72. The van der Waals surface area contributed by atoms with E-state index in [0.717, 1.165) is 17.5 Å². The van der Waals surface area contributed by atoms with Gasteiger partial charge in [0.15, 0.2) is 0 Å². The zero-order chi connectivity index (χ0) is 23.4. The number of benzene rings is 3. The summed E-state index contributed by atoms with van der Waals surface area (Å²) in [5, 5.41) is 5.89. The molecule has 0 saturated carbocycles. The number of nitrogens with zero attached hydrogens (tertiary/aromatic N) is 1. The van der Waals surface area contributed by atoms with Crippen LogP contribution in [0.3, 0.4) is 0 Å². The number of rotatable bonds is 5. The molecule has 0 saturated heterocycles. The van der Waals surface area contributed by atoms with Crippen molar-refractivity contribution in [1.29, 1.82) is 0 Å². The van der Waals surface area contributed by atoms with E-state index in [1.54, 1.807) is 36.1 Å². The van der Waals surface area contributed by atoms with Gasteiger partial charge in [0.05, 0.1) is 12.5 Å². The molecule has 1 atom stereocenters. The Bertz CT molecular complexity index is 1190. The van der Waals surface area contributed by atoms with E-state index in [0.29, 0.717) is 23.5 Å². The SMILES string of the molecule is CC(=O)N1CCc2ccccc2C1CC(=O)Nc1cccc(NC(=O)c2ccccc2)c1C. The lowest BCUT2D eigenvalue weighted by atomic mass is 9.90. The minimum Gasteiger partial charge on any atom is -0.335 e. The van der Waals surface area contributed by atoms with Crippen molar-refractivity contribution >= 4 is 29.1 Å². The van der Waals surface area contributed by atoms with Crippen molar-refractivity contribution < 1.29 is 14.4 Å². The smallest absolute Gasteiger partial charge is 0.255 e. The van der Waals surface area contributed by atoms with Gasteiger partial charge < -0.3 is 15.5 Å². The molecule has 4 rings (SSSR count). The molecule has 1 heterocycles. The van der Waals surface area contributed by atoms with Gasteiger partial charge in [-0.25, -0.2) is 0 Å². The number of nitrogens with one attached hydrogen (secondary N) is 2. The lowest BCUT2D eigenvalue weighted by Crippen LogP contribution is -2.40. The molecule has 0 aromatic heterocycles. The first-order valence-corrected chi connectivity index (χ1v) is 11.0. The van der Waals surface area contributed by atoms with Crippen LogP contribution in [0.5, 0.6) is 0 Å².